The van der Waals surface area contributed by atoms with Gasteiger partial charge in [0.25, 0.3) is 6.72 Å². The number of halogens is 1. The summed E-state index contributed by atoms with van der Waals surface area (Å²) in [6.45, 7) is -3.42. The van der Waals surface area contributed by atoms with E-state index >= 15 is 0 Å². The van der Waals surface area contributed by atoms with Crippen molar-refractivity contribution in [3.63, 3.8) is 0 Å². The number of benzene rings is 1. The van der Waals surface area contributed by atoms with Crippen molar-refractivity contribution in [3.05, 3.63) is 35.9 Å². The molecule has 0 saturated heterocycles. The van der Waals surface area contributed by atoms with Crippen molar-refractivity contribution in [1.82, 2.24) is 0 Å². The topological polar surface area (TPSA) is 37.3 Å². The smallest absolute Gasteiger partial charge is 0.291 e. The van der Waals surface area contributed by atoms with E-state index in [2.05, 4.69) is 0 Å². The van der Waals surface area contributed by atoms with E-state index in [0.29, 0.717) is 0 Å². The van der Waals surface area contributed by atoms with Crippen LogP contribution in [0, 0.1) is 0 Å². The van der Waals surface area contributed by atoms with Crippen molar-refractivity contribution in [2.24, 2.45) is 0 Å². The third-order valence-corrected chi connectivity index (χ3v) is 2.33. The third kappa shape index (κ3) is 3.57. The van der Waals surface area contributed by atoms with Crippen LogP contribution in [-0.4, -0.2) is 4.89 Å². The normalized spacial score (nSPS) is 15.8. The maximum atomic E-state index is 10.7. The quantitative estimate of drug-likeness (QED) is 0.728. The van der Waals surface area contributed by atoms with Crippen molar-refractivity contribution < 1.29 is 9.46 Å². The molecule has 0 saturated carbocycles. The van der Waals surface area contributed by atoms with Gasteiger partial charge in [-0.2, -0.15) is 0 Å². The second-order valence-corrected chi connectivity index (χ2v) is 5.39. The molecule has 0 aliphatic carbocycles. The first-order chi connectivity index (χ1) is 5.08. The summed E-state index contributed by atoms with van der Waals surface area (Å²) in [7, 11) is 0. The molecule has 1 aromatic carbocycles. The van der Waals surface area contributed by atoms with Crippen LogP contribution in [0.4, 0.5) is 0 Å². The molecule has 4 heteroatoms. The van der Waals surface area contributed by atoms with Gasteiger partial charge in [0.1, 0.15) is 0 Å². The summed E-state index contributed by atoms with van der Waals surface area (Å²) in [4.78, 5) is 8.79. The summed E-state index contributed by atoms with van der Waals surface area (Å²) in [6.07, 6.45) is 0.0371. The fraction of sp³-hybridized carbons (Fsp3) is 0.143. The molecule has 1 atom stereocenters. The monoisotopic (exact) mass is 190 g/mol. The summed E-state index contributed by atoms with van der Waals surface area (Å²) in [5, 5.41) is 0. The molecule has 11 heavy (non-hydrogen) atoms. The van der Waals surface area contributed by atoms with Crippen LogP contribution < -0.4 is 0 Å². The van der Waals surface area contributed by atoms with Gasteiger partial charge in [0.15, 0.2) is 0 Å². The Bertz CT molecular complexity index is 267. The van der Waals surface area contributed by atoms with Gasteiger partial charge >= 0.3 is 0 Å². The molecule has 0 aliphatic heterocycles. The summed E-state index contributed by atoms with van der Waals surface area (Å²) in [5.74, 6) is 0. The highest BCUT2D eigenvalue weighted by Crippen LogP contribution is 2.49. The van der Waals surface area contributed by atoms with Gasteiger partial charge in [0.2, 0.25) is 0 Å². The van der Waals surface area contributed by atoms with E-state index in [-0.39, 0.29) is 6.16 Å². The highest BCUT2D eigenvalue weighted by molar-refractivity contribution is 7.83. The lowest BCUT2D eigenvalue weighted by molar-refractivity contribution is 0.495. The minimum atomic E-state index is -3.42. The molecule has 2 nitrogen and oxygen atoms in total. The van der Waals surface area contributed by atoms with Crippen molar-refractivity contribution >= 4 is 18.0 Å². The maximum Gasteiger partial charge on any atom is 0.291 e. The highest BCUT2D eigenvalue weighted by Gasteiger charge is 2.12. The first-order valence-electron chi connectivity index (χ1n) is 3.13. The lowest BCUT2D eigenvalue weighted by atomic mass is 10.2. The Balaban J connectivity index is 2.74. The average Bonchev–Trinajstić information content (AvgIpc) is 1.85. The van der Waals surface area contributed by atoms with Gasteiger partial charge in [0.05, 0.1) is 6.16 Å². The van der Waals surface area contributed by atoms with Crippen LogP contribution in [0.3, 0.4) is 0 Å². The fourth-order valence-electron chi connectivity index (χ4n) is 0.809. The van der Waals surface area contributed by atoms with Gasteiger partial charge < -0.3 is 4.89 Å². The Morgan fingerprint density at radius 1 is 1.36 bits per heavy atom. The zero-order valence-corrected chi connectivity index (χ0v) is 7.42. The van der Waals surface area contributed by atoms with E-state index < -0.39 is 6.72 Å². The van der Waals surface area contributed by atoms with Crippen LogP contribution in [-0.2, 0) is 10.7 Å². The number of hydrogen-bond donors (Lipinski definition) is 1. The van der Waals surface area contributed by atoms with E-state index in [1.807, 2.05) is 18.2 Å². The molecule has 1 unspecified atom stereocenters. The molecule has 0 amide bonds. The van der Waals surface area contributed by atoms with Gasteiger partial charge in [-0.3, -0.25) is 4.57 Å². The Labute approximate surface area is 70.1 Å². The molecular formula is C7H8ClO2P. The van der Waals surface area contributed by atoms with E-state index in [0.717, 1.165) is 5.56 Å². The lowest BCUT2D eigenvalue weighted by Gasteiger charge is -2.01. The van der Waals surface area contributed by atoms with Gasteiger partial charge in [-0.15, -0.1) is 0 Å². The molecular weight excluding hydrogens is 183 g/mol. The second-order valence-electron chi connectivity index (χ2n) is 2.26. The summed E-state index contributed by atoms with van der Waals surface area (Å²) >= 11 is 5.18. The lowest BCUT2D eigenvalue weighted by Crippen LogP contribution is -1.80. The van der Waals surface area contributed by atoms with Gasteiger partial charge in [0, 0.05) is 0 Å². The van der Waals surface area contributed by atoms with Crippen molar-refractivity contribution in [2.75, 3.05) is 0 Å². The third-order valence-electron chi connectivity index (χ3n) is 1.22. The van der Waals surface area contributed by atoms with Crippen LogP contribution in [0.1, 0.15) is 5.56 Å². The van der Waals surface area contributed by atoms with Crippen molar-refractivity contribution in [1.29, 1.82) is 0 Å². The largest absolute Gasteiger partial charge is 0.333 e. The average molecular weight is 191 g/mol. The molecule has 0 heterocycles. The van der Waals surface area contributed by atoms with Crippen LogP contribution in [0.25, 0.3) is 0 Å². The van der Waals surface area contributed by atoms with Crippen molar-refractivity contribution in [3.8, 4) is 0 Å². The molecule has 0 aromatic heterocycles. The van der Waals surface area contributed by atoms with Crippen LogP contribution >= 0.6 is 18.0 Å². The SMILES string of the molecule is O=P(O)(Cl)Cc1ccccc1. The standard InChI is InChI=1S/C7H8ClO2P/c8-11(9,10)6-7-4-2-1-3-5-7/h1-5H,6H2,(H,9,10). The molecule has 0 aliphatic rings. The number of hydrogen-bond acceptors (Lipinski definition) is 1. The van der Waals surface area contributed by atoms with Crippen LogP contribution in [0.2, 0.25) is 0 Å². The first-order valence-corrected chi connectivity index (χ1v) is 5.88. The Morgan fingerprint density at radius 3 is 2.36 bits per heavy atom. The molecule has 0 bridgehead atoms. The zero-order valence-electron chi connectivity index (χ0n) is 5.77. The predicted molar refractivity (Wildman–Crippen MR) is 45.8 cm³/mol. The van der Waals surface area contributed by atoms with E-state index in [1.165, 1.54) is 0 Å². The van der Waals surface area contributed by atoms with E-state index in [4.69, 9.17) is 16.1 Å². The molecule has 0 spiro atoms. The number of rotatable bonds is 2. The minimum absolute atomic E-state index is 0.0371. The molecule has 1 N–H and O–H groups in total. The van der Waals surface area contributed by atoms with Gasteiger partial charge in [-0.25, -0.2) is 0 Å². The maximum absolute atomic E-state index is 10.7. The Morgan fingerprint density at radius 2 is 1.91 bits per heavy atom. The fourth-order valence-corrected chi connectivity index (χ4v) is 1.88. The van der Waals surface area contributed by atoms with Gasteiger partial charge in [-0.1, -0.05) is 30.3 Å². The molecule has 1 aromatic rings. The van der Waals surface area contributed by atoms with E-state index in [9.17, 15) is 4.57 Å². The molecule has 0 fully saturated rings. The second kappa shape index (κ2) is 3.40. The summed E-state index contributed by atoms with van der Waals surface area (Å²) in [5.41, 5.74) is 0.785. The van der Waals surface area contributed by atoms with Crippen LogP contribution in [0.15, 0.2) is 30.3 Å². The first kappa shape index (κ1) is 8.79. The Hall–Kier alpha value is -0.300. The minimum Gasteiger partial charge on any atom is -0.333 e. The summed E-state index contributed by atoms with van der Waals surface area (Å²) < 4.78 is 10.7. The highest BCUT2D eigenvalue weighted by atomic mass is 35.7. The molecule has 0 radical (unpaired) electrons. The van der Waals surface area contributed by atoms with Crippen molar-refractivity contribution in [2.45, 2.75) is 6.16 Å². The molecule has 1 rings (SSSR count). The summed E-state index contributed by atoms with van der Waals surface area (Å²) in [6, 6.07) is 9.00. The van der Waals surface area contributed by atoms with E-state index in [1.54, 1.807) is 12.1 Å². The Kier molecular flexibility index (Phi) is 2.72. The molecule has 60 valence electrons. The van der Waals surface area contributed by atoms with Crippen LogP contribution in [0.5, 0.6) is 0 Å². The predicted octanol–water partition coefficient (Wildman–Crippen LogP) is 2.61. The zero-order chi connectivity index (χ0) is 8.32. The van der Waals surface area contributed by atoms with Gasteiger partial charge in [-0.05, 0) is 16.8 Å².